The van der Waals surface area contributed by atoms with Crippen molar-refractivity contribution in [1.82, 2.24) is 15.1 Å². The SMILES string of the molecule is CCCOc1cccc(-c2nc(Cc3c(C)cc(OCc4noc(=O)[nH]4)c(F)c3C)ccc2O)c1F. The molecule has 2 N–H and O–H groups in total. The topological polar surface area (TPSA) is 110 Å². The molecular weight excluding hydrogens is 472 g/mol. The fraction of sp³-hybridized carbons (Fsp3) is 0.269. The number of H-pyrrole nitrogens is 1. The second kappa shape index (κ2) is 10.6. The zero-order valence-corrected chi connectivity index (χ0v) is 20.0. The van der Waals surface area contributed by atoms with Crippen LogP contribution in [-0.4, -0.2) is 26.8 Å². The van der Waals surface area contributed by atoms with Gasteiger partial charge in [-0.2, -0.15) is 0 Å². The Kier molecular flexibility index (Phi) is 7.33. The maximum absolute atomic E-state index is 15.1. The molecule has 0 aliphatic heterocycles. The van der Waals surface area contributed by atoms with E-state index in [1.54, 1.807) is 25.1 Å². The summed E-state index contributed by atoms with van der Waals surface area (Å²) in [6.07, 6.45) is 0.966. The van der Waals surface area contributed by atoms with Crippen molar-refractivity contribution in [2.45, 2.75) is 40.2 Å². The number of pyridine rings is 1. The quantitative estimate of drug-likeness (QED) is 0.335. The second-order valence-corrected chi connectivity index (χ2v) is 8.25. The highest BCUT2D eigenvalue weighted by atomic mass is 19.1. The molecule has 0 amide bonds. The molecule has 2 aromatic carbocycles. The number of nitrogens with zero attached hydrogens (tertiary/aromatic N) is 2. The number of aromatic nitrogens is 3. The maximum Gasteiger partial charge on any atom is 0.439 e. The van der Waals surface area contributed by atoms with Gasteiger partial charge in [0.2, 0.25) is 0 Å². The van der Waals surface area contributed by atoms with Gasteiger partial charge in [0.25, 0.3) is 0 Å². The van der Waals surface area contributed by atoms with E-state index in [1.165, 1.54) is 18.2 Å². The average Bonchev–Trinajstić information content (AvgIpc) is 3.28. The van der Waals surface area contributed by atoms with E-state index in [0.29, 0.717) is 23.4 Å². The number of aryl methyl sites for hydroxylation is 1. The van der Waals surface area contributed by atoms with Crippen molar-refractivity contribution >= 4 is 0 Å². The lowest BCUT2D eigenvalue weighted by atomic mass is 9.97. The zero-order chi connectivity index (χ0) is 25.8. The first-order valence-corrected chi connectivity index (χ1v) is 11.3. The standard InChI is InChI=1S/C26H25F2N3O5/c1-4-10-34-20-7-5-6-17(24(20)28)25-19(32)9-8-16(29-25)12-18-14(2)11-21(23(27)15(18)3)35-13-22-30-26(33)36-31-22/h5-9,11,32H,4,10,12-13H2,1-3H3,(H,30,31,33). The summed E-state index contributed by atoms with van der Waals surface area (Å²) in [5, 5.41) is 13.9. The van der Waals surface area contributed by atoms with Crippen LogP contribution < -0.4 is 15.2 Å². The minimum Gasteiger partial charge on any atom is -0.506 e. The van der Waals surface area contributed by atoms with E-state index in [0.717, 1.165) is 12.0 Å². The first-order valence-electron chi connectivity index (χ1n) is 11.3. The highest BCUT2D eigenvalue weighted by molar-refractivity contribution is 5.68. The van der Waals surface area contributed by atoms with Crippen molar-refractivity contribution in [1.29, 1.82) is 0 Å². The van der Waals surface area contributed by atoms with Crippen LogP contribution in [0.4, 0.5) is 8.78 Å². The van der Waals surface area contributed by atoms with Gasteiger partial charge in [0.15, 0.2) is 29.0 Å². The summed E-state index contributed by atoms with van der Waals surface area (Å²) in [5.74, 6) is -1.86. The average molecular weight is 497 g/mol. The van der Waals surface area contributed by atoms with Crippen molar-refractivity contribution < 1.29 is 27.9 Å². The number of ether oxygens (including phenoxy) is 2. The number of halogens is 2. The Bertz CT molecular complexity index is 1450. The predicted octanol–water partition coefficient (Wildman–Crippen LogP) is 4.98. The molecule has 0 aliphatic carbocycles. The molecule has 4 aromatic rings. The lowest BCUT2D eigenvalue weighted by molar-refractivity contribution is 0.271. The largest absolute Gasteiger partial charge is 0.506 e. The molecule has 4 rings (SSSR count). The Morgan fingerprint density at radius 1 is 1.08 bits per heavy atom. The molecule has 0 spiro atoms. The predicted molar refractivity (Wildman–Crippen MR) is 127 cm³/mol. The van der Waals surface area contributed by atoms with Crippen LogP contribution in [0.5, 0.6) is 17.2 Å². The van der Waals surface area contributed by atoms with Gasteiger partial charge in [0.05, 0.1) is 6.61 Å². The van der Waals surface area contributed by atoms with Gasteiger partial charge in [-0.15, -0.1) is 0 Å². The molecule has 0 atom stereocenters. The Morgan fingerprint density at radius 2 is 1.89 bits per heavy atom. The summed E-state index contributed by atoms with van der Waals surface area (Å²) >= 11 is 0. The van der Waals surface area contributed by atoms with Crippen LogP contribution in [0.2, 0.25) is 0 Å². The van der Waals surface area contributed by atoms with E-state index in [2.05, 4.69) is 19.6 Å². The summed E-state index contributed by atoms with van der Waals surface area (Å²) in [7, 11) is 0. The Labute approximate surface area is 205 Å². The number of hydrogen-bond acceptors (Lipinski definition) is 7. The third-order valence-electron chi connectivity index (χ3n) is 5.64. The molecule has 10 heteroatoms. The van der Waals surface area contributed by atoms with Crippen molar-refractivity contribution in [3.05, 3.63) is 86.8 Å². The Hall–Kier alpha value is -4.21. The molecule has 0 saturated heterocycles. The van der Waals surface area contributed by atoms with Gasteiger partial charge < -0.3 is 14.6 Å². The van der Waals surface area contributed by atoms with Gasteiger partial charge in [-0.05, 0) is 67.3 Å². The minimum atomic E-state index is -0.724. The molecule has 2 aromatic heterocycles. The van der Waals surface area contributed by atoms with Gasteiger partial charge in [-0.1, -0.05) is 18.1 Å². The summed E-state index contributed by atoms with van der Waals surface area (Å²) in [6, 6.07) is 9.27. The van der Waals surface area contributed by atoms with Gasteiger partial charge in [0, 0.05) is 17.7 Å². The Morgan fingerprint density at radius 3 is 2.61 bits per heavy atom. The van der Waals surface area contributed by atoms with E-state index >= 15 is 8.78 Å². The second-order valence-electron chi connectivity index (χ2n) is 8.25. The smallest absolute Gasteiger partial charge is 0.439 e. The van der Waals surface area contributed by atoms with E-state index in [1.807, 2.05) is 13.8 Å². The van der Waals surface area contributed by atoms with Crippen LogP contribution in [0.15, 0.2) is 45.7 Å². The van der Waals surface area contributed by atoms with Crippen LogP contribution in [0, 0.1) is 25.5 Å². The summed E-state index contributed by atoms with van der Waals surface area (Å²) in [6.45, 7) is 5.54. The highest BCUT2D eigenvalue weighted by Crippen LogP contribution is 2.34. The van der Waals surface area contributed by atoms with Crippen LogP contribution in [-0.2, 0) is 13.0 Å². The molecule has 36 heavy (non-hydrogen) atoms. The van der Waals surface area contributed by atoms with Crippen molar-refractivity contribution in [3.8, 4) is 28.5 Å². The number of aromatic amines is 1. The molecule has 0 bridgehead atoms. The molecule has 0 unspecified atom stereocenters. The Balaban J connectivity index is 1.61. The van der Waals surface area contributed by atoms with E-state index in [-0.39, 0.29) is 47.4 Å². The third-order valence-corrected chi connectivity index (χ3v) is 5.64. The lowest BCUT2D eigenvalue weighted by Gasteiger charge is -2.16. The summed E-state index contributed by atoms with van der Waals surface area (Å²) in [4.78, 5) is 17.9. The molecule has 0 saturated carbocycles. The molecule has 188 valence electrons. The van der Waals surface area contributed by atoms with Crippen molar-refractivity contribution in [3.63, 3.8) is 0 Å². The van der Waals surface area contributed by atoms with Crippen LogP contribution in [0.3, 0.4) is 0 Å². The number of benzene rings is 2. The number of nitrogens with one attached hydrogen (secondary N) is 1. The molecule has 0 aliphatic rings. The lowest BCUT2D eigenvalue weighted by Crippen LogP contribution is -2.06. The van der Waals surface area contributed by atoms with Gasteiger partial charge in [-0.3, -0.25) is 9.51 Å². The fourth-order valence-corrected chi connectivity index (χ4v) is 3.79. The van der Waals surface area contributed by atoms with Crippen molar-refractivity contribution in [2.24, 2.45) is 0 Å². The maximum atomic E-state index is 15.1. The molecule has 0 fully saturated rings. The van der Waals surface area contributed by atoms with E-state index in [9.17, 15) is 9.90 Å². The summed E-state index contributed by atoms with van der Waals surface area (Å²) in [5.41, 5.74) is 2.48. The first-order chi connectivity index (χ1) is 17.3. The number of hydrogen-bond donors (Lipinski definition) is 2. The van der Waals surface area contributed by atoms with Crippen LogP contribution in [0.25, 0.3) is 11.3 Å². The normalized spacial score (nSPS) is 11.0. The zero-order valence-electron chi connectivity index (χ0n) is 20.0. The van der Waals surface area contributed by atoms with Gasteiger partial charge >= 0.3 is 5.76 Å². The third kappa shape index (κ3) is 5.22. The molecule has 0 radical (unpaired) electrons. The fourth-order valence-electron chi connectivity index (χ4n) is 3.79. The van der Waals surface area contributed by atoms with Gasteiger partial charge in [-0.25, -0.2) is 18.6 Å². The number of aromatic hydroxyl groups is 1. The highest BCUT2D eigenvalue weighted by Gasteiger charge is 2.19. The van der Waals surface area contributed by atoms with Crippen LogP contribution >= 0.6 is 0 Å². The number of rotatable bonds is 9. The first kappa shape index (κ1) is 24.9. The molecule has 2 heterocycles. The monoisotopic (exact) mass is 497 g/mol. The van der Waals surface area contributed by atoms with E-state index < -0.39 is 17.4 Å². The van der Waals surface area contributed by atoms with Crippen LogP contribution in [0.1, 0.15) is 41.6 Å². The van der Waals surface area contributed by atoms with E-state index in [4.69, 9.17) is 9.47 Å². The molecule has 8 nitrogen and oxygen atoms in total. The molecular formula is C26H25F2N3O5. The van der Waals surface area contributed by atoms with Crippen molar-refractivity contribution in [2.75, 3.05) is 6.61 Å². The summed E-state index contributed by atoms with van der Waals surface area (Å²) < 4.78 is 45.5. The minimum absolute atomic E-state index is 0.00270. The van der Waals surface area contributed by atoms with Gasteiger partial charge in [0.1, 0.15) is 18.1 Å².